The fraction of sp³-hybridized carbons (Fsp3) is 0.652. The Morgan fingerprint density at radius 2 is 1.81 bits per heavy atom. The number of hydrogen-bond acceptors (Lipinski definition) is 6. The number of methoxy groups -OCH3 is 3. The Morgan fingerprint density at radius 3 is 2.34 bits per heavy atom. The molecule has 1 N–H and O–H groups in total. The standard InChI is InChI=1S/C23H35N3O5S/c1-6-15(2)18-14-31-23(27)26(18)17-7-9-25(10-8-17)22(32)24-13-16-11-19(28-3)21(30-5)20(12-16)29-4/h11-12,15,17-18H,6-10,13-14H2,1-5H3,(H,24,32)/t15-,18+/m0/s1. The predicted octanol–water partition coefficient (Wildman–Crippen LogP) is 3.42. The van der Waals surface area contributed by atoms with Crippen molar-refractivity contribution in [3.05, 3.63) is 17.7 Å². The van der Waals surface area contributed by atoms with E-state index in [1.807, 2.05) is 17.0 Å². The Hall–Kier alpha value is -2.42. The molecule has 2 fully saturated rings. The molecule has 32 heavy (non-hydrogen) atoms. The average Bonchev–Trinajstić information content (AvgIpc) is 3.22. The number of benzene rings is 1. The van der Waals surface area contributed by atoms with E-state index >= 15 is 0 Å². The second kappa shape index (κ2) is 10.9. The zero-order valence-electron chi connectivity index (χ0n) is 19.7. The fourth-order valence-electron chi connectivity index (χ4n) is 4.45. The molecule has 3 rings (SSSR count). The van der Waals surface area contributed by atoms with Gasteiger partial charge in [0.15, 0.2) is 16.6 Å². The Balaban J connectivity index is 1.56. The number of piperidine rings is 1. The quantitative estimate of drug-likeness (QED) is 0.586. The summed E-state index contributed by atoms with van der Waals surface area (Å²) in [7, 11) is 4.79. The van der Waals surface area contributed by atoms with E-state index in [0.29, 0.717) is 41.4 Å². The molecule has 178 valence electrons. The molecule has 1 aromatic carbocycles. The first kappa shape index (κ1) is 24.2. The molecular weight excluding hydrogens is 430 g/mol. The number of amides is 1. The molecule has 0 unspecified atom stereocenters. The van der Waals surface area contributed by atoms with Gasteiger partial charge in [0.1, 0.15) is 6.61 Å². The van der Waals surface area contributed by atoms with E-state index in [2.05, 4.69) is 24.1 Å². The molecule has 2 aliphatic heterocycles. The molecular formula is C23H35N3O5S. The van der Waals surface area contributed by atoms with Gasteiger partial charge in [-0.25, -0.2) is 4.79 Å². The van der Waals surface area contributed by atoms with Gasteiger partial charge in [0.25, 0.3) is 0 Å². The first-order valence-electron chi connectivity index (χ1n) is 11.2. The summed E-state index contributed by atoms with van der Waals surface area (Å²) in [6.07, 6.45) is 2.63. The van der Waals surface area contributed by atoms with E-state index in [-0.39, 0.29) is 18.2 Å². The highest BCUT2D eigenvalue weighted by Gasteiger charge is 2.41. The van der Waals surface area contributed by atoms with Gasteiger partial charge in [-0.3, -0.25) is 4.90 Å². The highest BCUT2D eigenvalue weighted by atomic mass is 32.1. The van der Waals surface area contributed by atoms with Crippen LogP contribution >= 0.6 is 12.2 Å². The molecule has 2 aliphatic rings. The number of rotatable bonds is 8. The van der Waals surface area contributed by atoms with Gasteiger partial charge in [0.05, 0.1) is 27.4 Å². The van der Waals surface area contributed by atoms with Gasteiger partial charge in [-0.15, -0.1) is 0 Å². The van der Waals surface area contributed by atoms with Crippen LogP contribution in [0.2, 0.25) is 0 Å². The van der Waals surface area contributed by atoms with E-state index in [4.69, 9.17) is 31.2 Å². The monoisotopic (exact) mass is 465 g/mol. The van der Waals surface area contributed by atoms with Crippen molar-refractivity contribution in [3.8, 4) is 17.2 Å². The van der Waals surface area contributed by atoms with Crippen LogP contribution in [0.4, 0.5) is 4.79 Å². The summed E-state index contributed by atoms with van der Waals surface area (Å²) in [6, 6.07) is 4.21. The van der Waals surface area contributed by atoms with Crippen LogP contribution in [-0.4, -0.2) is 74.1 Å². The van der Waals surface area contributed by atoms with Gasteiger partial charge in [0.2, 0.25) is 5.75 Å². The van der Waals surface area contributed by atoms with Gasteiger partial charge >= 0.3 is 6.09 Å². The van der Waals surface area contributed by atoms with Crippen molar-refractivity contribution in [2.45, 2.75) is 51.7 Å². The third-order valence-electron chi connectivity index (χ3n) is 6.56. The number of carbonyl (C=O) groups is 1. The van der Waals surface area contributed by atoms with Crippen LogP contribution in [0, 0.1) is 5.92 Å². The maximum atomic E-state index is 12.4. The average molecular weight is 466 g/mol. The Kier molecular flexibility index (Phi) is 8.28. The molecule has 2 saturated heterocycles. The lowest BCUT2D eigenvalue weighted by atomic mass is 9.95. The van der Waals surface area contributed by atoms with Crippen LogP contribution in [0.3, 0.4) is 0 Å². The minimum absolute atomic E-state index is 0.170. The highest BCUT2D eigenvalue weighted by molar-refractivity contribution is 7.80. The van der Waals surface area contributed by atoms with Crippen molar-refractivity contribution in [3.63, 3.8) is 0 Å². The van der Waals surface area contributed by atoms with Gasteiger partial charge in [-0.2, -0.15) is 0 Å². The third kappa shape index (κ3) is 5.14. The van der Waals surface area contributed by atoms with Gasteiger partial charge in [-0.05, 0) is 48.7 Å². The fourth-order valence-corrected chi connectivity index (χ4v) is 4.71. The van der Waals surface area contributed by atoms with Crippen LogP contribution in [0.15, 0.2) is 12.1 Å². The summed E-state index contributed by atoms with van der Waals surface area (Å²) < 4.78 is 21.6. The summed E-state index contributed by atoms with van der Waals surface area (Å²) in [4.78, 5) is 16.5. The number of cyclic esters (lactones) is 1. The number of nitrogens with one attached hydrogen (secondary N) is 1. The normalized spacial score (nSPS) is 20.0. The van der Waals surface area contributed by atoms with Crippen molar-refractivity contribution in [1.29, 1.82) is 0 Å². The number of thiocarbonyl (C=S) groups is 1. The second-order valence-corrected chi connectivity index (χ2v) is 8.73. The maximum Gasteiger partial charge on any atom is 0.410 e. The Morgan fingerprint density at radius 1 is 1.19 bits per heavy atom. The van der Waals surface area contributed by atoms with E-state index in [9.17, 15) is 4.79 Å². The Labute approximate surface area is 196 Å². The molecule has 0 aliphatic carbocycles. The van der Waals surface area contributed by atoms with Crippen LogP contribution in [-0.2, 0) is 11.3 Å². The summed E-state index contributed by atoms with van der Waals surface area (Å²) >= 11 is 5.65. The Bertz CT molecular complexity index is 788. The summed E-state index contributed by atoms with van der Waals surface area (Å²) in [5, 5.41) is 4.05. The number of ether oxygens (including phenoxy) is 4. The van der Waals surface area contributed by atoms with Crippen molar-refractivity contribution in [1.82, 2.24) is 15.1 Å². The molecule has 0 spiro atoms. The SMILES string of the molecule is CC[C@H](C)[C@H]1COC(=O)N1C1CCN(C(=S)NCc2cc(OC)c(OC)c(OC)c2)CC1. The topological polar surface area (TPSA) is 72.5 Å². The van der Waals surface area contributed by atoms with Crippen LogP contribution < -0.4 is 19.5 Å². The molecule has 0 saturated carbocycles. The lowest BCUT2D eigenvalue weighted by molar-refractivity contribution is 0.112. The summed E-state index contributed by atoms with van der Waals surface area (Å²) in [6.45, 7) is 7.02. The van der Waals surface area contributed by atoms with E-state index in [0.717, 1.165) is 37.9 Å². The highest BCUT2D eigenvalue weighted by Crippen LogP contribution is 2.38. The lowest BCUT2D eigenvalue weighted by Gasteiger charge is -2.40. The van der Waals surface area contributed by atoms with Crippen LogP contribution in [0.25, 0.3) is 0 Å². The van der Waals surface area contributed by atoms with Crippen LogP contribution in [0.5, 0.6) is 17.2 Å². The first-order valence-corrected chi connectivity index (χ1v) is 11.6. The van der Waals surface area contributed by atoms with E-state index < -0.39 is 0 Å². The number of likely N-dealkylation sites (tertiary alicyclic amines) is 1. The van der Waals surface area contributed by atoms with Gasteiger partial charge < -0.3 is 29.2 Å². The molecule has 2 heterocycles. The minimum atomic E-state index is -0.170. The molecule has 0 bridgehead atoms. The van der Waals surface area contributed by atoms with Gasteiger partial charge in [-0.1, -0.05) is 20.3 Å². The predicted molar refractivity (Wildman–Crippen MR) is 127 cm³/mol. The van der Waals surface area contributed by atoms with E-state index in [1.165, 1.54) is 0 Å². The maximum absolute atomic E-state index is 12.4. The molecule has 0 aromatic heterocycles. The summed E-state index contributed by atoms with van der Waals surface area (Å²) in [5.74, 6) is 2.23. The number of carbonyl (C=O) groups excluding carboxylic acids is 1. The third-order valence-corrected chi connectivity index (χ3v) is 6.96. The molecule has 1 aromatic rings. The zero-order chi connectivity index (χ0) is 23.3. The van der Waals surface area contributed by atoms with Crippen LogP contribution in [0.1, 0.15) is 38.7 Å². The second-order valence-electron chi connectivity index (χ2n) is 8.35. The molecule has 8 nitrogen and oxygen atoms in total. The molecule has 1 amide bonds. The zero-order valence-corrected chi connectivity index (χ0v) is 20.5. The number of hydrogen-bond donors (Lipinski definition) is 1. The van der Waals surface area contributed by atoms with Crippen molar-refractivity contribution in [2.75, 3.05) is 41.0 Å². The largest absolute Gasteiger partial charge is 0.493 e. The first-order chi connectivity index (χ1) is 15.4. The van der Waals surface area contributed by atoms with Crippen molar-refractivity contribution < 1.29 is 23.7 Å². The molecule has 2 atom stereocenters. The minimum Gasteiger partial charge on any atom is -0.493 e. The number of nitrogens with zero attached hydrogens (tertiary/aromatic N) is 2. The smallest absolute Gasteiger partial charge is 0.410 e. The summed E-state index contributed by atoms with van der Waals surface area (Å²) in [5.41, 5.74) is 0.980. The molecule has 9 heteroatoms. The molecule has 0 radical (unpaired) electrons. The lowest BCUT2D eigenvalue weighted by Crippen LogP contribution is -2.52. The van der Waals surface area contributed by atoms with Gasteiger partial charge in [0, 0.05) is 25.7 Å². The van der Waals surface area contributed by atoms with Crippen molar-refractivity contribution >= 4 is 23.4 Å². The van der Waals surface area contributed by atoms with E-state index in [1.54, 1.807) is 21.3 Å². The van der Waals surface area contributed by atoms with Crippen molar-refractivity contribution in [2.24, 2.45) is 5.92 Å².